The van der Waals surface area contributed by atoms with Crippen LogP contribution in [0.15, 0.2) is 47.0 Å². The summed E-state index contributed by atoms with van der Waals surface area (Å²) in [6.45, 7) is -0.416. The van der Waals surface area contributed by atoms with Gasteiger partial charge < -0.3 is 9.47 Å². The summed E-state index contributed by atoms with van der Waals surface area (Å²) >= 11 is 16.6. The predicted molar refractivity (Wildman–Crippen MR) is 99.7 cm³/mol. The van der Waals surface area contributed by atoms with Gasteiger partial charge in [0.25, 0.3) is 5.69 Å². The van der Waals surface area contributed by atoms with Gasteiger partial charge in [-0.05, 0) is 18.2 Å². The lowest BCUT2D eigenvalue weighted by atomic mass is 10.1. The molecule has 0 amide bonds. The third-order valence-corrected chi connectivity index (χ3v) is 4.23. The molecule has 12 heteroatoms. The van der Waals surface area contributed by atoms with Gasteiger partial charge in [-0.1, -0.05) is 34.8 Å². The Hall–Kier alpha value is -2.49. The first-order valence-electron chi connectivity index (χ1n) is 7.48. The SMILES string of the molecule is O=C(OCC(Cl)=CCl)c1cc(Oc2ccc(C(F)(F)F)c(Cl)c2)ccc1[N+](=O)[O-]. The lowest BCUT2D eigenvalue weighted by Gasteiger charge is -2.12. The van der Waals surface area contributed by atoms with Crippen molar-refractivity contribution in [2.75, 3.05) is 6.61 Å². The van der Waals surface area contributed by atoms with Crippen LogP contribution in [-0.4, -0.2) is 17.5 Å². The second kappa shape index (κ2) is 9.34. The zero-order valence-corrected chi connectivity index (χ0v) is 16.3. The van der Waals surface area contributed by atoms with Gasteiger partial charge in [-0.25, -0.2) is 4.79 Å². The fraction of sp³-hybridized carbons (Fsp3) is 0.118. The summed E-state index contributed by atoms with van der Waals surface area (Å²) in [4.78, 5) is 22.5. The van der Waals surface area contributed by atoms with Crippen molar-refractivity contribution in [1.29, 1.82) is 0 Å². The molecule has 0 aromatic heterocycles. The molecule has 0 heterocycles. The van der Waals surface area contributed by atoms with E-state index in [2.05, 4.69) is 0 Å². The molecule has 2 aromatic rings. The molecule has 0 atom stereocenters. The van der Waals surface area contributed by atoms with Gasteiger partial charge in [-0.2, -0.15) is 13.2 Å². The number of hydrogen-bond donors (Lipinski definition) is 0. The minimum Gasteiger partial charge on any atom is -0.457 e. The minimum absolute atomic E-state index is 0.0190. The number of nitro benzene ring substituents is 1. The maximum Gasteiger partial charge on any atom is 0.417 e. The molecule has 29 heavy (non-hydrogen) atoms. The van der Waals surface area contributed by atoms with Crippen LogP contribution in [-0.2, 0) is 10.9 Å². The van der Waals surface area contributed by atoms with Crippen molar-refractivity contribution in [1.82, 2.24) is 0 Å². The molecule has 6 nitrogen and oxygen atoms in total. The lowest BCUT2D eigenvalue weighted by Crippen LogP contribution is -2.09. The van der Waals surface area contributed by atoms with E-state index in [0.29, 0.717) is 0 Å². The number of esters is 1. The third-order valence-electron chi connectivity index (χ3n) is 3.33. The smallest absolute Gasteiger partial charge is 0.417 e. The maximum atomic E-state index is 12.8. The van der Waals surface area contributed by atoms with E-state index in [9.17, 15) is 28.1 Å². The number of nitro groups is 1. The van der Waals surface area contributed by atoms with Gasteiger partial charge in [0.15, 0.2) is 0 Å². The molecule has 0 aliphatic heterocycles. The predicted octanol–water partition coefficient (Wildman–Crippen LogP) is 6.54. The number of carbonyl (C=O) groups is 1. The maximum absolute atomic E-state index is 12.8. The summed E-state index contributed by atoms with van der Waals surface area (Å²) in [5.41, 5.74) is -1.12. The molecule has 0 aliphatic rings. The first kappa shape index (κ1) is 22.8. The summed E-state index contributed by atoms with van der Waals surface area (Å²) in [7, 11) is 0. The molecule has 0 radical (unpaired) electrons. The Balaban J connectivity index is 2.32. The zero-order valence-electron chi connectivity index (χ0n) is 14.0. The van der Waals surface area contributed by atoms with Crippen LogP contribution in [0, 0.1) is 10.1 Å². The van der Waals surface area contributed by atoms with E-state index in [1.54, 1.807) is 0 Å². The highest BCUT2D eigenvalue weighted by molar-refractivity contribution is 6.36. The largest absolute Gasteiger partial charge is 0.457 e. The molecule has 0 fully saturated rings. The number of ether oxygens (including phenoxy) is 2. The average Bonchev–Trinajstić information content (AvgIpc) is 2.64. The molecule has 0 bridgehead atoms. The molecule has 0 saturated heterocycles. The minimum atomic E-state index is -4.64. The van der Waals surface area contributed by atoms with Gasteiger partial charge in [0, 0.05) is 23.7 Å². The second-order valence-corrected chi connectivity index (χ2v) is 6.42. The topological polar surface area (TPSA) is 78.7 Å². The van der Waals surface area contributed by atoms with Crippen LogP contribution in [0.5, 0.6) is 11.5 Å². The summed E-state index contributed by atoms with van der Waals surface area (Å²) < 4.78 is 48.5. The van der Waals surface area contributed by atoms with Crippen LogP contribution in [0.4, 0.5) is 18.9 Å². The quantitative estimate of drug-likeness (QED) is 0.272. The first-order valence-corrected chi connectivity index (χ1v) is 8.67. The van der Waals surface area contributed by atoms with E-state index >= 15 is 0 Å². The molecular formula is C17H9Cl3F3NO5. The van der Waals surface area contributed by atoms with Gasteiger partial charge in [-0.3, -0.25) is 10.1 Å². The highest BCUT2D eigenvalue weighted by atomic mass is 35.5. The van der Waals surface area contributed by atoms with Crippen molar-refractivity contribution in [3.63, 3.8) is 0 Å². The molecule has 0 unspecified atom stereocenters. The molecule has 154 valence electrons. The van der Waals surface area contributed by atoms with Crippen LogP contribution >= 0.6 is 34.8 Å². The van der Waals surface area contributed by atoms with E-state index < -0.39 is 45.5 Å². The van der Waals surface area contributed by atoms with Gasteiger partial charge in [-0.15, -0.1) is 0 Å². The van der Waals surface area contributed by atoms with E-state index in [1.807, 2.05) is 0 Å². The fourth-order valence-electron chi connectivity index (χ4n) is 2.07. The van der Waals surface area contributed by atoms with Gasteiger partial charge >= 0.3 is 12.1 Å². The summed E-state index contributed by atoms with van der Waals surface area (Å²) in [6.07, 6.45) is -4.64. The van der Waals surface area contributed by atoms with E-state index in [0.717, 1.165) is 41.9 Å². The highest BCUT2D eigenvalue weighted by Gasteiger charge is 2.33. The number of alkyl halides is 3. The molecule has 2 rings (SSSR count). The normalized spacial score (nSPS) is 11.9. The fourth-order valence-corrected chi connectivity index (χ4v) is 2.47. The molecule has 0 aliphatic carbocycles. The standard InChI is InChI=1S/C17H9Cl3F3NO5/c18-7-9(19)8-28-16(25)12-5-10(2-4-15(12)24(26)27)29-11-1-3-13(14(20)6-11)17(21,22)23/h1-7H,8H2. The number of halogens is 6. The number of hydrogen-bond acceptors (Lipinski definition) is 5. The van der Waals surface area contributed by atoms with Gasteiger partial charge in [0.2, 0.25) is 0 Å². The van der Waals surface area contributed by atoms with Crippen LogP contribution in [0.2, 0.25) is 5.02 Å². The third kappa shape index (κ3) is 5.99. The highest BCUT2D eigenvalue weighted by Crippen LogP contribution is 2.37. The molecule has 0 saturated carbocycles. The molecular weight excluding hydrogens is 462 g/mol. The monoisotopic (exact) mass is 469 g/mol. The molecule has 2 aromatic carbocycles. The Morgan fingerprint density at radius 1 is 1.17 bits per heavy atom. The number of carbonyl (C=O) groups excluding carboxylic acids is 1. The Kier molecular flexibility index (Phi) is 7.34. The van der Waals surface area contributed by atoms with Crippen molar-refractivity contribution in [2.24, 2.45) is 0 Å². The van der Waals surface area contributed by atoms with E-state index in [4.69, 9.17) is 44.3 Å². The van der Waals surface area contributed by atoms with Crippen molar-refractivity contribution in [3.05, 3.63) is 73.2 Å². The Bertz CT molecular complexity index is 979. The Morgan fingerprint density at radius 2 is 1.79 bits per heavy atom. The Labute approximate surface area is 176 Å². The van der Waals surface area contributed by atoms with Crippen LogP contribution in [0.25, 0.3) is 0 Å². The summed E-state index contributed by atoms with van der Waals surface area (Å²) in [6, 6.07) is 5.81. The lowest BCUT2D eigenvalue weighted by molar-refractivity contribution is -0.385. The van der Waals surface area contributed by atoms with Gasteiger partial charge in [0.1, 0.15) is 23.7 Å². The Morgan fingerprint density at radius 3 is 2.34 bits per heavy atom. The summed E-state index contributed by atoms with van der Waals surface area (Å²) in [5.74, 6) is -1.23. The van der Waals surface area contributed by atoms with E-state index in [-0.39, 0.29) is 16.5 Å². The average molecular weight is 471 g/mol. The number of benzene rings is 2. The zero-order chi connectivity index (χ0) is 21.8. The first-order chi connectivity index (χ1) is 13.5. The van der Waals surface area contributed by atoms with Crippen LogP contribution in [0.1, 0.15) is 15.9 Å². The van der Waals surface area contributed by atoms with Crippen molar-refractivity contribution >= 4 is 46.5 Å². The number of rotatable bonds is 6. The van der Waals surface area contributed by atoms with Crippen molar-refractivity contribution in [2.45, 2.75) is 6.18 Å². The van der Waals surface area contributed by atoms with Crippen molar-refractivity contribution in [3.8, 4) is 11.5 Å². The molecule has 0 spiro atoms. The van der Waals surface area contributed by atoms with Gasteiger partial charge in [0.05, 0.1) is 20.5 Å². The van der Waals surface area contributed by atoms with E-state index in [1.165, 1.54) is 0 Å². The second-order valence-electron chi connectivity index (χ2n) is 5.31. The number of nitrogens with zero attached hydrogens (tertiary/aromatic N) is 1. The summed E-state index contributed by atoms with van der Waals surface area (Å²) in [5, 5.41) is 10.5. The van der Waals surface area contributed by atoms with Crippen LogP contribution in [0.3, 0.4) is 0 Å². The van der Waals surface area contributed by atoms with Crippen LogP contribution < -0.4 is 4.74 Å². The molecule has 0 N–H and O–H groups in total. The van der Waals surface area contributed by atoms with Crippen molar-refractivity contribution < 1.29 is 32.4 Å².